The number of rotatable bonds is 15. The van der Waals surface area contributed by atoms with Crippen LogP contribution >= 0.6 is 0 Å². The van der Waals surface area contributed by atoms with E-state index in [1.54, 1.807) is 0 Å². The average molecular weight is 1060 g/mol. The van der Waals surface area contributed by atoms with Crippen LogP contribution in [0, 0.1) is 0 Å². The maximum Gasteiger partial charge on any atom is 0.212 e. The predicted molar refractivity (Wildman–Crippen MR) is 264 cm³/mol. The third kappa shape index (κ3) is 9.01. The van der Waals surface area contributed by atoms with E-state index >= 15 is 0 Å². The van der Waals surface area contributed by atoms with Crippen LogP contribution in [0.3, 0.4) is 0 Å². The van der Waals surface area contributed by atoms with Crippen LogP contribution < -0.4 is 57.1 Å². The molecule has 64 heavy (non-hydrogen) atoms. The molecule has 10 aromatic rings. The van der Waals surface area contributed by atoms with Gasteiger partial charge in [0.15, 0.2) is 0 Å². The Morgan fingerprint density at radius 1 is 0.375 bits per heavy atom. The smallest absolute Gasteiger partial charge is 0.212 e. The van der Waals surface area contributed by atoms with Crippen molar-refractivity contribution in [1.29, 1.82) is 0 Å². The number of unbranched alkanes of at least 4 members (excludes halogenated alkanes) is 5. The molecule has 0 atom stereocenters. The molecule has 4 heterocycles. The van der Waals surface area contributed by atoms with Crippen molar-refractivity contribution in [2.75, 3.05) is 0 Å². The first kappa shape index (κ1) is 45.3. The van der Waals surface area contributed by atoms with Gasteiger partial charge in [-0.2, -0.15) is 9.13 Å². The van der Waals surface area contributed by atoms with E-state index in [2.05, 4.69) is 214 Å². The van der Waals surface area contributed by atoms with Gasteiger partial charge in [-0.05, 0) is 105 Å². The molecule has 10 rings (SSSR count). The quantitative estimate of drug-likeness (QED) is 0.0561. The minimum atomic E-state index is 0. The SMILES string of the molecule is CCn1c2ccccc2c2cc(/C=C/c3ccc4ccccc4[n+]3CCCCCCCC[n+]3c(/C=C/c4ccc5c6ccccc6n(CC)c5c4)ccc4ccccc43)ccc21.[I-].[I-]. The lowest BCUT2D eigenvalue weighted by molar-refractivity contribution is -0.673. The highest BCUT2D eigenvalue weighted by atomic mass is 127. The van der Waals surface area contributed by atoms with Gasteiger partial charge in [-0.15, -0.1) is 0 Å². The number of hydrogen-bond acceptors (Lipinski definition) is 0. The van der Waals surface area contributed by atoms with Crippen LogP contribution in [0.2, 0.25) is 0 Å². The zero-order valence-electron chi connectivity index (χ0n) is 36.9. The Morgan fingerprint density at radius 2 is 0.812 bits per heavy atom. The van der Waals surface area contributed by atoms with E-state index in [1.165, 1.54) is 126 Å². The summed E-state index contributed by atoms with van der Waals surface area (Å²) in [5.74, 6) is 0. The fourth-order valence-corrected chi connectivity index (χ4v) is 9.98. The maximum absolute atomic E-state index is 2.53. The Morgan fingerprint density at radius 3 is 1.39 bits per heavy atom. The Hall–Kier alpha value is -5.32. The van der Waals surface area contributed by atoms with Gasteiger partial charge in [0.25, 0.3) is 0 Å². The molecule has 0 radical (unpaired) electrons. The van der Waals surface area contributed by atoms with Crippen LogP contribution in [0.1, 0.15) is 74.9 Å². The highest BCUT2D eigenvalue weighted by Crippen LogP contribution is 2.32. The molecule has 0 spiro atoms. The molecule has 0 unspecified atom stereocenters. The molecule has 6 aromatic carbocycles. The lowest BCUT2D eigenvalue weighted by Crippen LogP contribution is -3.00. The summed E-state index contributed by atoms with van der Waals surface area (Å²) in [5, 5.41) is 7.89. The van der Waals surface area contributed by atoms with E-state index < -0.39 is 0 Å². The van der Waals surface area contributed by atoms with E-state index in [0.29, 0.717) is 0 Å². The molecule has 0 fully saturated rings. The first-order valence-electron chi connectivity index (χ1n) is 22.9. The summed E-state index contributed by atoms with van der Waals surface area (Å²) in [6.07, 6.45) is 16.5. The van der Waals surface area contributed by atoms with Gasteiger partial charge in [-0.25, -0.2) is 0 Å². The first-order valence-corrected chi connectivity index (χ1v) is 22.9. The normalized spacial score (nSPS) is 11.8. The van der Waals surface area contributed by atoms with Gasteiger partial charge in [0.1, 0.15) is 13.1 Å². The van der Waals surface area contributed by atoms with Crippen molar-refractivity contribution in [3.63, 3.8) is 0 Å². The van der Waals surface area contributed by atoms with E-state index in [-0.39, 0.29) is 48.0 Å². The highest BCUT2D eigenvalue weighted by Gasteiger charge is 2.16. The van der Waals surface area contributed by atoms with Crippen LogP contribution in [-0.4, -0.2) is 9.13 Å². The number of pyridine rings is 2. The number of aryl methyl sites for hydroxylation is 4. The van der Waals surface area contributed by atoms with Gasteiger partial charge in [0.05, 0.1) is 0 Å². The lowest BCUT2D eigenvalue weighted by Gasteiger charge is -2.07. The zero-order valence-corrected chi connectivity index (χ0v) is 41.3. The molecule has 0 bridgehead atoms. The molecule has 0 aliphatic carbocycles. The number of fused-ring (bicyclic) bond motifs is 8. The van der Waals surface area contributed by atoms with E-state index in [0.717, 1.165) is 26.2 Å². The molecule has 6 heteroatoms. The van der Waals surface area contributed by atoms with Crippen molar-refractivity contribution in [2.45, 2.75) is 78.6 Å². The molecule has 0 saturated carbocycles. The van der Waals surface area contributed by atoms with Gasteiger partial charge in [0, 0.05) is 117 Å². The van der Waals surface area contributed by atoms with E-state index in [9.17, 15) is 0 Å². The van der Waals surface area contributed by atoms with Crippen molar-refractivity contribution in [3.8, 4) is 0 Å². The maximum atomic E-state index is 2.53. The van der Waals surface area contributed by atoms with Crippen LogP contribution in [0.25, 0.3) is 89.7 Å². The number of benzene rings is 6. The van der Waals surface area contributed by atoms with Crippen LogP contribution in [0.5, 0.6) is 0 Å². The van der Waals surface area contributed by atoms with Gasteiger partial charge in [-0.1, -0.05) is 91.7 Å². The summed E-state index contributed by atoms with van der Waals surface area (Å²) < 4.78 is 9.91. The van der Waals surface area contributed by atoms with Gasteiger partial charge in [0.2, 0.25) is 22.4 Å². The Labute approximate surface area is 411 Å². The third-order valence-electron chi connectivity index (χ3n) is 13.1. The van der Waals surface area contributed by atoms with Crippen LogP contribution in [-0.2, 0) is 26.2 Å². The number of nitrogens with zero attached hydrogens (tertiary/aromatic N) is 4. The summed E-state index contributed by atoms with van der Waals surface area (Å²) in [4.78, 5) is 0. The highest BCUT2D eigenvalue weighted by molar-refractivity contribution is 6.09. The third-order valence-corrected chi connectivity index (χ3v) is 13.1. The zero-order chi connectivity index (χ0) is 41.8. The van der Waals surface area contributed by atoms with Crippen molar-refractivity contribution in [3.05, 3.63) is 180 Å². The molecule has 0 aliphatic heterocycles. The minimum absolute atomic E-state index is 0. The number of halogens is 2. The van der Waals surface area contributed by atoms with Crippen molar-refractivity contribution >= 4 is 89.7 Å². The Balaban J connectivity index is 0.00000280. The molecular formula is C58H56I2N4. The second-order valence-electron chi connectivity index (χ2n) is 16.8. The van der Waals surface area contributed by atoms with Gasteiger partial charge >= 0.3 is 0 Å². The largest absolute Gasteiger partial charge is 1.00 e. The molecule has 0 saturated heterocycles. The molecule has 0 N–H and O–H groups in total. The van der Waals surface area contributed by atoms with Crippen molar-refractivity contribution in [2.24, 2.45) is 0 Å². The Kier molecular flexibility index (Phi) is 14.6. The molecule has 322 valence electrons. The average Bonchev–Trinajstić information content (AvgIpc) is 3.82. The minimum Gasteiger partial charge on any atom is -1.00 e. The predicted octanol–water partition coefficient (Wildman–Crippen LogP) is 8.21. The number of hydrogen-bond donors (Lipinski definition) is 0. The van der Waals surface area contributed by atoms with E-state index in [1.807, 2.05) is 0 Å². The number of aromatic nitrogens is 4. The molecule has 4 aromatic heterocycles. The summed E-state index contributed by atoms with van der Waals surface area (Å²) in [6, 6.07) is 58.1. The summed E-state index contributed by atoms with van der Waals surface area (Å²) in [7, 11) is 0. The Bertz CT molecular complexity index is 3300. The summed E-state index contributed by atoms with van der Waals surface area (Å²) >= 11 is 0. The van der Waals surface area contributed by atoms with Gasteiger partial charge < -0.3 is 57.1 Å². The fraction of sp³-hybridized carbons (Fsp3) is 0.207. The van der Waals surface area contributed by atoms with Crippen molar-refractivity contribution < 1.29 is 57.1 Å². The standard InChI is InChI=1S/C58H56N4.2HI/c1-3-59-56-26-16-12-22-50(56)52-41-43(30-38-57(52)59)27-33-47-35-31-45-19-9-13-23-53(45)61(47)39-17-7-5-6-8-18-40-62-48(36-32-46-20-10-14-24-54(46)62)34-28-44-29-37-51-49-21-11-15-25-55(49)60(4-2)58(51)42-44;;/h9-16,19-38,41-42H,3-8,17-18,39-40H2,1-2H3;2*1H/q+2;;/p-2. The molecule has 4 nitrogen and oxygen atoms in total. The topological polar surface area (TPSA) is 17.6 Å². The fourth-order valence-electron chi connectivity index (χ4n) is 9.98. The van der Waals surface area contributed by atoms with Crippen molar-refractivity contribution in [1.82, 2.24) is 9.13 Å². The molecule has 0 aliphatic rings. The van der Waals surface area contributed by atoms with Crippen LogP contribution in [0.4, 0.5) is 0 Å². The van der Waals surface area contributed by atoms with Crippen LogP contribution in [0.15, 0.2) is 158 Å². The summed E-state index contributed by atoms with van der Waals surface area (Å²) in [6.45, 7) is 8.41. The van der Waals surface area contributed by atoms with E-state index in [4.69, 9.17) is 0 Å². The molecule has 0 amide bonds. The summed E-state index contributed by atoms with van der Waals surface area (Å²) in [5.41, 5.74) is 12.8. The van der Waals surface area contributed by atoms with Gasteiger partial charge in [-0.3, -0.25) is 0 Å². The lowest BCUT2D eigenvalue weighted by atomic mass is 10.1. The second-order valence-corrected chi connectivity index (χ2v) is 16.8. The first-order chi connectivity index (χ1) is 30.7. The molecular weight excluding hydrogens is 1010 g/mol. The number of para-hydroxylation sites is 4. The monoisotopic (exact) mass is 1060 g/mol. The second kappa shape index (κ2) is 20.7.